The topological polar surface area (TPSA) is 33.2 Å². The zero-order valence-corrected chi connectivity index (χ0v) is 15.3. The highest BCUT2D eigenvalue weighted by Crippen LogP contribution is 2.29. The Balaban J connectivity index is 1.54. The summed E-state index contributed by atoms with van der Waals surface area (Å²) in [7, 11) is 0. The number of hydrogen-bond acceptors (Lipinski definition) is 3. The second-order valence-corrected chi connectivity index (χ2v) is 7.47. The number of carbonyl (C=O) groups is 1. The van der Waals surface area contributed by atoms with E-state index in [0.717, 1.165) is 25.7 Å². The number of nitrogens with zero attached hydrogens (tertiary/aromatic N) is 2. The van der Waals surface area contributed by atoms with Crippen molar-refractivity contribution < 1.29 is 13.6 Å². The van der Waals surface area contributed by atoms with Gasteiger partial charge in [-0.25, -0.2) is 4.98 Å². The molecule has 0 radical (unpaired) electrons. The number of hydrogen-bond donors (Lipinski definition) is 0. The van der Waals surface area contributed by atoms with E-state index in [1.165, 1.54) is 11.8 Å². The molecule has 1 saturated heterocycles. The Kier molecular flexibility index (Phi) is 6.61. The number of thioether (sulfide) groups is 1. The van der Waals surface area contributed by atoms with Gasteiger partial charge >= 0.3 is 0 Å². The summed E-state index contributed by atoms with van der Waals surface area (Å²) in [6, 6.07) is 13.6. The monoisotopic (exact) mass is 376 g/mol. The number of halogens is 2. The molecule has 0 spiro atoms. The second-order valence-electron chi connectivity index (χ2n) is 6.49. The molecule has 3 rings (SSSR count). The standard InChI is InChI=1S/C20H22F2N2OS/c21-20(22)26-18-17(7-4-12-23-18)19(25)24-13-10-16(11-14-24)9-8-15-5-2-1-3-6-15/h1-7,12,16,20H,8-11,13-14H2. The highest BCUT2D eigenvalue weighted by atomic mass is 32.2. The van der Waals surface area contributed by atoms with Crippen LogP contribution in [0.25, 0.3) is 0 Å². The molecule has 0 unspecified atom stereocenters. The van der Waals surface area contributed by atoms with Crippen molar-refractivity contribution in [1.82, 2.24) is 9.88 Å². The number of aromatic nitrogens is 1. The first-order chi connectivity index (χ1) is 12.6. The lowest BCUT2D eigenvalue weighted by molar-refractivity contribution is 0.0682. The van der Waals surface area contributed by atoms with Crippen LogP contribution in [0.1, 0.15) is 35.2 Å². The Morgan fingerprint density at radius 1 is 1.15 bits per heavy atom. The molecule has 6 heteroatoms. The predicted molar refractivity (Wildman–Crippen MR) is 99.5 cm³/mol. The normalized spacial score (nSPS) is 15.4. The van der Waals surface area contributed by atoms with Crippen LogP contribution in [0.5, 0.6) is 0 Å². The fourth-order valence-electron chi connectivity index (χ4n) is 3.34. The molecular formula is C20H22F2N2OS. The van der Waals surface area contributed by atoms with E-state index in [-0.39, 0.29) is 16.5 Å². The molecule has 3 nitrogen and oxygen atoms in total. The molecule has 1 aliphatic rings. The largest absolute Gasteiger partial charge is 0.339 e. The van der Waals surface area contributed by atoms with E-state index in [2.05, 4.69) is 29.2 Å². The fraction of sp³-hybridized carbons (Fsp3) is 0.400. The first-order valence-electron chi connectivity index (χ1n) is 8.86. The maximum Gasteiger partial charge on any atom is 0.290 e. The van der Waals surface area contributed by atoms with Crippen molar-refractivity contribution in [2.24, 2.45) is 5.92 Å². The van der Waals surface area contributed by atoms with Gasteiger partial charge < -0.3 is 4.90 Å². The van der Waals surface area contributed by atoms with Crippen LogP contribution in [0, 0.1) is 5.92 Å². The van der Waals surface area contributed by atoms with Crippen LogP contribution in [0.2, 0.25) is 0 Å². The van der Waals surface area contributed by atoms with E-state index >= 15 is 0 Å². The van der Waals surface area contributed by atoms with Gasteiger partial charge in [0.1, 0.15) is 5.03 Å². The number of benzene rings is 1. The van der Waals surface area contributed by atoms with Crippen LogP contribution in [0.15, 0.2) is 53.7 Å². The van der Waals surface area contributed by atoms with Gasteiger partial charge in [0.2, 0.25) is 0 Å². The molecule has 0 atom stereocenters. The van der Waals surface area contributed by atoms with Crippen LogP contribution in [-0.2, 0) is 6.42 Å². The van der Waals surface area contributed by atoms with E-state index in [0.29, 0.717) is 30.8 Å². The summed E-state index contributed by atoms with van der Waals surface area (Å²) in [4.78, 5) is 18.4. The van der Waals surface area contributed by atoms with Gasteiger partial charge in [0.15, 0.2) is 0 Å². The van der Waals surface area contributed by atoms with E-state index in [1.807, 2.05) is 6.07 Å². The second kappa shape index (κ2) is 9.12. The Bertz CT molecular complexity index is 719. The van der Waals surface area contributed by atoms with Gasteiger partial charge in [0, 0.05) is 19.3 Å². The molecular weight excluding hydrogens is 354 g/mol. The number of likely N-dealkylation sites (tertiary alicyclic amines) is 1. The minimum absolute atomic E-state index is 0.110. The number of amides is 1. The summed E-state index contributed by atoms with van der Waals surface area (Å²) in [5.41, 5.74) is 1.62. The van der Waals surface area contributed by atoms with E-state index in [4.69, 9.17) is 0 Å². The number of carbonyl (C=O) groups excluding carboxylic acids is 1. The van der Waals surface area contributed by atoms with Crippen molar-refractivity contribution in [2.45, 2.75) is 36.5 Å². The molecule has 0 aliphatic carbocycles. The SMILES string of the molecule is O=C(c1cccnc1SC(F)F)N1CCC(CCc2ccccc2)CC1. The molecule has 0 saturated carbocycles. The summed E-state index contributed by atoms with van der Waals surface area (Å²) >= 11 is 0.332. The molecule has 2 heterocycles. The third kappa shape index (κ3) is 5.04. The van der Waals surface area contributed by atoms with Crippen molar-refractivity contribution in [3.8, 4) is 0 Å². The number of piperidine rings is 1. The minimum Gasteiger partial charge on any atom is -0.339 e. The molecule has 1 aromatic carbocycles. The van der Waals surface area contributed by atoms with Crippen molar-refractivity contribution in [3.63, 3.8) is 0 Å². The zero-order chi connectivity index (χ0) is 18.4. The van der Waals surface area contributed by atoms with Crippen LogP contribution >= 0.6 is 11.8 Å². The molecule has 26 heavy (non-hydrogen) atoms. The van der Waals surface area contributed by atoms with Gasteiger partial charge in [-0.15, -0.1) is 0 Å². The van der Waals surface area contributed by atoms with Gasteiger partial charge in [0.05, 0.1) is 5.56 Å². The Morgan fingerprint density at radius 2 is 1.88 bits per heavy atom. The maximum atomic E-state index is 12.7. The first-order valence-corrected chi connectivity index (χ1v) is 9.74. The molecule has 1 amide bonds. The average Bonchev–Trinajstić information content (AvgIpc) is 2.67. The van der Waals surface area contributed by atoms with Crippen LogP contribution in [-0.4, -0.2) is 34.6 Å². The lowest BCUT2D eigenvalue weighted by atomic mass is 9.90. The van der Waals surface area contributed by atoms with Gasteiger partial charge in [-0.3, -0.25) is 4.79 Å². The van der Waals surface area contributed by atoms with Crippen molar-refractivity contribution in [2.75, 3.05) is 13.1 Å². The lowest BCUT2D eigenvalue weighted by Crippen LogP contribution is -2.38. The summed E-state index contributed by atoms with van der Waals surface area (Å²) in [5, 5.41) is 0.110. The van der Waals surface area contributed by atoms with Gasteiger partial charge in [-0.1, -0.05) is 30.3 Å². The Morgan fingerprint density at radius 3 is 2.58 bits per heavy atom. The van der Waals surface area contributed by atoms with Gasteiger partial charge in [0.25, 0.3) is 11.7 Å². The molecule has 1 aliphatic heterocycles. The number of rotatable bonds is 6. The highest BCUT2D eigenvalue weighted by Gasteiger charge is 2.26. The smallest absolute Gasteiger partial charge is 0.290 e. The van der Waals surface area contributed by atoms with Crippen LogP contribution in [0.4, 0.5) is 8.78 Å². The third-order valence-electron chi connectivity index (χ3n) is 4.79. The van der Waals surface area contributed by atoms with E-state index in [1.54, 1.807) is 17.0 Å². The van der Waals surface area contributed by atoms with Crippen LogP contribution < -0.4 is 0 Å². The third-order valence-corrected chi connectivity index (χ3v) is 5.51. The summed E-state index contributed by atoms with van der Waals surface area (Å²) in [6.45, 7) is 1.35. The fourth-order valence-corrected chi connectivity index (χ4v) is 3.92. The zero-order valence-electron chi connectivity index (χ0n) is 14.5. The maximum absolute atomic E-state index is 12.7. The molecule has 0 bridgehead atoms. The average molecular weight is 376 g/mol. The summed E-state index contributed by atoms with van der Waals surface area (Å²) in [6.07, 6.45) is 5.52. The Labute approximate surface area is 156 Å². The van der Waals surface area contributed by atoms with E-state index in [9.17, 15) is 13.6 Å². The minimum atomic E-state index is -2.58. The van der Waals surface area contributed by atoms with Crippen molar-refractivity contribution in [1.29, 1.82) is 0 Å². The molecule has 2 aromatic rings. The highest BCUT2D eigenvalue weighted by molar-refractivity contribution is 7.99. The molecule has 1 aromatic heterocycles. The summed E-state index contributed by atoms with van der Waals surface area (Å²) < 4.78 is 25.4. The van der Waals surface area contributed by atoms with Crippen LogP contribution in [0.3, 0.4) is 0 Å². The number of pyridine rings is 1. The van der Waals surface area contributed by atoms with Gasteiger partial charge in [-0.2, -0.15) is 8.78 Å². The lowest BCUT2D eigenvalue weighted by Gasteiger charge is -2.32. The summed E-state index contributed by atoms with van der Waals surface area (Å²) in [5.74, 6) is -2.18. The van der Waals surface area contributed by atoms with Crippen molar-refractivity contribution in [3.05, 3.63) is 59.8 Å². The molecule has 138 valence electrons. The number of alkyl halides is 2. The van der Waals surface area contributed by atoms with E-state index < -0.39 is 5.76 Å². The molecule has 0 N–H and O–H groups in total. The predicted octanol–water partition coefficient (Wildman–Crippen LogP) is 4.88. The molecule has 1 fully saturated rings. The Hall–Kier alpha value is -1.95. The number of aryl methyl sites for hydroxylation is 1. The quantitative estimate of drug-likeness (QED) is 0.674. The first kappa shape index (κ1) is 18.8. The van der Waals surface area contributed by atoms with Crippen molar-refractivity contribution >= 4 is 17.7 Å². The van der Waals surface area contributed by atoms with Gasteiger partial charge in [-0.05, 0) is 61.1 Å².